The quantitative estimate of drug-likeness (QED) is 0.396. The van der Waals surface area contributed by atoms with Gasteiger partial charge < -0.3 is 19.6 Å². The number of para-hydroxylation sites is 4. The van der Waals surface area contributed by atoms with E-state index >= 15 is 0 Å². The summed E-state index contributed by atoms with van der Waals surface area (Å²) in [6, 6.07) is 15.3. The van der Waals surface area contributed by atoms with Crippen molar-refractivity contribution in [2.24, 2.45) is 0 Å². The van der Waals surface area contributed by atoms with Gasteiger partial charge in [-0.15, -0.1) is 0 Å². The smallest absolute Gasteiger partial charge is 0.310 e. The second kappa shape index (κ2) is 7.39. The summed E-state index contributed by atoms with van der Waals surface area (Å²) in [5.74, 6) is -0.148. The Balaban J connectivity index is 1.66. The van der Waals surface area contributed by atoms with E-state index in [1.165, 1.54) is 30.3 Å². The lowest BCUT2D eigenvalue weighted by molar-refractivity contribution is -0.386. The van der Waals surface area contributed by atoms with Gasteiger partial charge in [-0.3, -0.25) is 14.9 Å². The molecular weight excluding hydrogens is 340 g/mol. The van der Waals surface area contributed by atoms with E-state index in [0.29, 0.717) is 5.76 Å². The minimum Gasteiger partial charge on any atom is -0.506 e. The number of benzene rings is 2. The summed E-state index contributed by atoms with van der Waals surface area (Å²) in [4.78, 5) is 22.6. The molecule has 0 bridgehead atoms. The van der Waals surface area contributed by atoms with E-state index in [0.717, 1.165) is 0 Å². The van der Waals surface area contributed by atoms with Gasteiger partial charge >= 0.3 is 5.69 Å². The molecule has 8 nitrogen and oxygen atoms in total. The molecule has 0 aliphatic rings. The Bertz CT molecular complexity index is 950. The number of nitro benzene ring substituents is 1. The van der Waals surface area contributed by atoms with Crippen LogP contribution in [-0.4, -0.2) is 15.9 Å². The Hall–Kier alpha value is -3.81. The second-order valence-corrected chi connectivity index (χ2v) is 5.25. The van der Waals surface area contributed by atoms with Crippen LogP contribution in [0.5, 0.6) is 11.5 Å². The second-order valence-electron chi connectivity index (χ2n) is 5.25. The number of furan rings is 1. The molecule has 132 valence electrons. The first-order valence-corrected chi connectivity index (χ1v) is 7.59. The molecule has 2 N–H and O–H groups in total. The van der Waals surface area contributed by atoms with Crippen molar-refractivity contribution in [3.05, 3.63) is 82.3 Å². The highest BCUT2D eigenvalue weighted by molar-refractivity contribution is 6.03. The molecule has 0 unspecified atom stereocenters. The molecule has 0 spiro atoms. The number of rotatable bonds is 6. The van der Waals surface area contributed by atoms with Crippen molar-refractivity contribution in [3.63, 3.8) is 0 Å². The van der Waals surface area contributed by atoms with E-state index in [4.69, 9.17) is 9.15 Å². The van der Waals surface area contributed by atoms with Crippen molar-refractivity contribution in [3.8, 4) is 11.5 Å². The molecule has 1 amide bonds. The molecule has 0 saturated carbocycles. The van der Waals surface area contributed by atoms with Crippen molar-refractivity contribution >= 4 is 17.3 Å². The van der Waals surface area contributed by atoms with Crippen LogP contribution < -0.4 is 10.1 Å². The molecule has 26 heavy (non-hydrogen) atoms. The molecule has 0 saturated heterocycles. The average molecular weight is 354 g/mol. The number of hydrogen-bond acceptors (Lipinski definition) is 6. The maximum atomic E-state index is 12.2. The lowest BCUT2D eigenvalue weighted by atomic mass is 10.3. The third kappa shape index (κ3) is 3.81. The SMILES string of the molecule is O=C(Nc1ccccc1O)c1ccc(COc2ccccc2[N+](=O)[O-])o1. The van der Waals surface area contributed by atoms with Crippen LogP contribution in [0.3, 0.4) is 0 Å². The number of amides is 1. The summed E-state index contributed by atoms with van der Waals surface area (Å²) in [6.07, 6.45) is 0. The minimum absolute atomic E-state index is 0.0226. The van der Waals surface area contributed by atoms with E-state index in [9.17, 15) is 20.0 Å². The average Bonchev–Trinajstić information content (AvgIpc) is 3.11. The fourth-order valence-electron chi connectivity index (χ4n) is 2.22. The molecule has 0 fully saturated rings. The van der Waals surface area contributed by atoms with Crippen LogP contribution in [0.1, 0.15) is 16.3 Å². The standard InChI is InChI=1S/C18H14N2O6/c21-15-7-3-1-5-13(15)19-18(22)17-10-9-12(26-17)11-25-16-8-4-2-6-14(16)20(23)24/h1-10,21H,11H2,(H,19,22). The Morgan fingerprint density at radius 1 is 1.12 bits per heavy atom. The summed E-state index contributed by atoms with van der Waals surface area (Å²) >= 11 is 0. The highest BCUT2D eigenvalue weighted by atomic mass is 16.6. The highest BCUT2D eigenvalue weighted by Gasteiger charge is 2.16. The molecule has 3 rings (SSSR count). The fourth-order valence-corrected chi connectivity index (χ4v) is 2.22. The monoisotopic (exact) mass is 354 g/mol. The number of carbonyl (C=O) groups excluding carboxylic acids is 1. The van der Waals surface area contributed by atoms with Gasteiger partial charge in [0.15, 0.2) is 11.5 Å². The zero-order valence-electron chi connectivity index (χ0n) is 13.4. The third-order valence-corrected chi connectivity index (χ3v) is 3.47. The van der Waals surface area contributed by atoms with Gasteiger partial charge in [0, 0.05) is 6.07 Å². The highest BCUT2D eigenvalue weighted by Crippen LogP contribution is 2.27. The first-order valence-electron chi connectivity index (χ1n) is 7.59. The molecule has 0 aliphatic carbocycles. The van der Waals surface area contributed by atoms with E-state index in [1.54, 1.807) is 30.3 Å². The molecule has 3 aromatic rings. The van der Waals surface area contributed by atoms with Crippen LogP contribution in [0.15, 0.2) is 65.1 Å². The number of anilines is 1. The summed E-state index contributed by atoms with van der Waals surface area (Å²) in [5, 5.41) is 23.2. The van der Waals surface area contributed by atoms with Gasteiger partial charge in [0.1, 0.15) is 18.1 Å². The van der Waals surface area contributed by atoms with Gasteiger partial charge in [-0.05, 0) is 30.3 Å². The van der Waals surface area contributed by atoms with E-state index in [-0.39, 0.29) is 35.2 Å². The number of aromatic hydroxyl groups is 1. The van der Waals surface area contributed by atoms with Crippen LogP contribution in [0.2, 0.25) is 0 Å². The zero-order chi connectivity index (χ0) is 18.5. The van der Waals surface area contributed by atoms with Crippen LogP contribution in [-0.2, 0) is 6.61 Å². The summed E-state index contributed by atoms with van der Waals surface area (Å²) in [5.41, 5.74) is 0.100. The lowest BCUT2D eigenvalue weighted by Gasteiger charge is -2.06. The van der Waals surface area contributed by atoms with Gasteiger partial charge in [-0.2, -0.15) is 0 Å². The Morgan fingerprint density at radius 2 is 1.85 bits per heavy atom. The first-order chi connectivity index (χ1) is 12.5. The van der Waals surface area contributed by atoms with Gasteiger partial charge in [-0.1, -0.05) is 24.3 Å². The fraction of sp³-hybridized carbons (Fsp3) is 0.0556. The molecular formula is C18H14N2O6. The van der Waals surface area contributed by atoms with Crippen LogP contribution >= 0.6 is 0 Å². The summed E-state index contributed by atoms with van der Waals surface area (Å²) in [7, 11) is 0. The van der Waals surface area contributed by atoms with E-state index in [2.05, 4.69) is 5.32 Å². The third-order valence-electron chi connectivity index (χ3n) is 3.47. The molecule has 8 heteroatoms. The molecule has 2 aromatic carbocycles. The normalized spacial score (nSPS) is 10.3. The largest absolute Gasteiger partial charge is 0.506 e. The Morgan fingerprint density at radius 3 is 2.62 bits per heavy atom. The molecule has 0 radical (unpaired) electrons. The Labute approximate surface area is 147 Å². The summed E-state index contributed by atoms with van der Waals surface area (Å²) in [6.45, 7) is -0.0747. The number of ether oxygens (including phenoxy) is 1. The number of phenolic OH excluding ortho intramolecular Hbond substituents is 1. The van der Waals surface area contributed by atoms with Gasteiger partial charge in [0.25, 0.3) is 5.91 Å². The summed E-state index contributed by atoms with van der Waals surface area (Å²) < 4.78 is 10.8. The van der Waals surface area contributed by atoms with Crippen LogP contribution in [0.4, 0.5) is 11.4 Å². The van der Waals surface area contributed by atoms with Crippen LogP contribution in [0, 0.1) is 10.1 Å². The van der Waals surface area contributed by atoms with Crippen molar-refractivity contribution in [2.75, 3.05) is 5.32 Å². The first kappa shape index (κ1) is 17.0. The number of hydrogen-bond donors (Lipinski definition) is 2. The van der Waals surface area contributed by atoms with Gasteiger partial charge in [-0.25, -0.2) is 0 Å². The molecule has 0 atom stereocenters. The predicted octanol–water partition coefficient (Wildman–Crippen LogP) is 3.72. The topological polar surface area (TPSA) is 115 Å². The number of carbonyl (C=O) groups is 1. The van der Waals surface area contributed by atoms with Gasteiger partial charge in [0.05, 0.1) is 10.6 Å². The molecule has 1 heterocycles. The maximum Gasteiger partial charge on any atom is 0.310 e. The van der Waals surface area contributed by atoms with E-state index in [1.807, 2.05) is 0 Å². The number of phenols is 1. The lowest BCUT2D eigenvalue weighted by Crippen LogP contribution is -2.10. The van der Waals surface area contributed by atoms with Crippen molar-refractivity contribution in [2.45, 2.75) is 6.61 Å². The van der Waals surface area contributed by atoms with Crippen LogP contribution in [0.25, 0.3) is 0 Å². The number of nitrogens with zero attached hydrogens (tertiary/aromatic N) is 1. The van der Waals surface area contributed by atoms with Crippen molar-refractivity contribution < 1.29 is 24.0 Å². The Kier molecular flexibility index (Phi) is 4.84. The number of nitrogens with one attached hydrogen (secondary N) is 1. The van der Waals surface area contributed by atoms with E-state index < -0.39 is 10.8 Å². The number of nitro groups is 1. The van der Waals surface area contributed by atoms with Crippen molar-refractivity contribution in [1.29, 1.82) is 0 Å². The van der Waals surface area contributed by atoms with Gasteiger partial charge in [0.2, 0.25) is 0 Å². The maximum absolute atomic E-state index is 12.2. The predicted molar refractivity (Wildman–Crippen MR) is 92.2 cm³/mol. The minimum atomic E-state index is -0.539. The van der Waals surface area contributed by atoms with Crippen molar-refractivity contribution in [1.82, 2.24) is 0 Å². The molecule has 0 aliphatic heterocycles. The molecule has 1 aromatic heterocycles. The zero-order valence-corrected chi connectivity index (χ0v) is 13.4.